The van der Waals surface area contributed by atoms with Crippen LogP contribution in [-0.4, -0.2) is 11.2 Å². The molecule has 0 amide bonds. The maximum absolute atomic E-state index is 11.1. The highest BCUT2D eigenvalue weighted by molar-refractivity contribution is 7.98. The fourth-order valence-electron chi connectivity index (χ4n) is 2.44. The largest absolute Gasteiger partial charge is 0.269 e. The van der Waals surface area contributed by atoms with Gasteiger partial charge in [0.2, 0.25) is 6.17 Å². The number of halogens is 2. The Morgan fingerprint density at radius 1 is 0.900 bits per heavy atom. The highest BCUT2D eigenvalue weighted by Crippen LogP contribution is 2.30. The van der Waals surface area contributed by atoms with E-state index < -0.39 is 11.1 Å². The van der Waals surface area contributed by atoms with Gasteiger partial charge in [0.25, 0.3) is 5.69 Å². The van der Waals surface area contributed by atoms with Gasteiger partial charge in [-0.1, -0.05) is 35.3 Å². The molecule has 0 N–H and O–H groups in total. The summed E-state index contributed by atoms with van der Waals surface area (Å²) in [4.78, 5) is 11.8. The van der Waals surface area contributed by atoms with Gasteiger partial charge in [-0.3, -0.25) is 10.1 Å². The minimum Gasteiger partial charge on any atom is -0.258 e. The molecule has 3 rings (SSSR count). The summed E-state index contributed by atoms with van der Waals surface area (Å²) >= 11 is 13.6. The zero-order chi connectivity index (χ0) is 21.5. The van der Waals surface area contributed by atoms with Gasteiger partial charge in [0.15, 0.2) is 0 Å². The van der Waals surface area contributed by atoms with Crippen LogP contribution >= 0.6 is 35.0 Å². The van der Waals surface area contributed by atoms with E-state index in [1.807, 2.05) is 30.5 Å². The van der Waals surface area contributed by atoms with Gasteiger partial charge in [0, 0.05) is 32.6 Å². The predicted molar refractivity (Wildman–Crippen MR) is 120 cm³/mol. The van der Waals surface area contributed by atoms with Crippen molar-refractivity contribution in [3.8, 4) is 0 Å². The predicted octanol–water partition coefficient (Wildman–Crippen LogP) is 8.19. The van der Waals surface area contributed by atoms with Crippen molar-refractivity contribution in [2.45, 2.75) is 11.1 Å². The molecule has 3 aromatic rings. The van der Waals surface area contributed by atoms with Crippen molar-refractivity contribution >= 4 is 52.0 Å². The summed E-state index contributed by atoms with van der Waals surface area (Å²) in [5.41, 5.74) is 1.47. The highest BCUT2D eigenvalue weighted by Gasteiger charge is 2.14. The fraction of sp³-hybridized carbons (Fsp3) is 0.100. The van der Waals surface area contributed by atoms with E-state index >= 15 is 0 Å². The van der Waals surface area contributed by atoms with Crippen LogP contribution in [0.2, 0.25) is 10.0 Å². The van der Waals surface area contributed by atoms with Gasteiger partial charge in [-0.15, -0.1) is 11.8 Å². The highest BCUT2D eigenvalue weighted by atomic mass is 35.5. The van der Waals surface area contributed by atoms with Crippen molar-refractivity contribution in [3.05, 3.63) is 92.5 Å². The molecule has 0 spiro atoms. The van der Waals surface area contributed by atoms with Gasteiger partial charge >= 0.3 is 0 Å². The molecule has 0 aliphatic rings. The summed E-state index contributed by atoms with van der Waals surface area (Å²) in [6.45, 7) is 0. The van der Waals surface area contributed by atoms with E-state index in [-0.39, 0.29) is 5.69 Å². The Morgan fingerprint density at radius 3 is 2.13 bits per heavy atom. The zero-order valence-corrected chi connectivity index (χ0v) is 18.0. The van der Waals surface area contributed by atoms with Gasteiger partial charge in [0.05, 0.1) is 16.3 Å². The first-order valence-electron chi connectivity index (χ1n) is 8.61. The number of non-ortho nitro benzene ring substituents is 1. The first kappa shape index (κ1) is 21.9. The number of rotatable bonds is 7. The van der Waals surface area contributed by atoms with Crippen LogP contribution in [0.4, 0.5) is 17.1 Å². The van der Waals surface area contributed by atoms with Crippen LogP contribution in [0.1, 0.15) is 11.7 Å². The summed E-state index contributed by atoms with van der Waals surface area (Å²) in [6.07, 6.45) is 1.10. The molecule has 0 fully saturated rings. The summed E-state index contributed by atoms with van der Waals surface area (Å²) in [6, 6.07) is 18.3. The molecular weight excluding hydrogens is 445 g/mol. The molecule has 0 heterocycles. The van der Waals surface area contributed by atoms with E-state index in [4.69, 9.17) is 23.2 Å². The van der Waals surface area contributed by atoms with E-state index in [1.54, 1.807) is 42.1 Å². The van der Waals surface area contributed by atoms with Gasteiger partial charge < -0.3 is 0 Å². The molecule has 1 unspecified atom stereocenters. The van der Waals surface area contributed by atoms with Crippen LogP contribution < -0.4 is 0 Å². The van der Waals surface area contributed by atoms with Crippen molar-refractivity contribution in [1.82, 2.24) is 0 Å². The second kappa shape index (κ2) is 10.3. The number of hydrogen-bond acceptors (Lipinski definition) is 7. The number of hydrogen-bond donors (Lipinski definition) is 0. The molecule has 152 valence electrons. The molecular formula is C20H15Cl2N5O2S. The van der Waals surface area contributed by atoms with Gasteiger partial charge in [-0.05, 0) is 48.7 Å². The molecule has 10 heteroatoms. The average molecular weight is 460 g/mol. The lowest BCUT2D eigenvalue weighted by molar-refractivity contribution is -0.384. The Balaban J connectivity index is 1.94. The van der Waals surface area contributed by atoms with Gasteiger partial charge in [-0.25, -0.2) is 0 Å². The Hall–Kier alpha value is -2.81. The number of thioether (sulfide) groups is 1. The first-order chi connectivity index (χ1) is 14.4. The van der Waals surface area contributed by atoms with Crippen LogP contribution in [-0.2, 0) is 0 Å². The van der Waals surface area contributed by atoms with Gasteiger partial charge in [-0.2, -0.15) is 20.5 Å². The summed E-state index contributed by atoms with van der Waals surface area (Å²) in [5.74, 6) is 0. The smallest absolute Gasteiger partial charge is 0.258 e. The summed E-state index contributed by atoms with van der Waals surface area (Å²) in [5, 5.41) is 28.8. The Kier molecular flexibility index (Phi) is 7.51. The second-order valence-electron chi connectivity index (χ2n) is 5.98. The van der Waals surface area contributed by atoms with Crippen LogP contribution in [0, 0.1) is 10.1 Å². The molecule has 0 aliphatic carbocycles. The molecule has 0 radical (unpaired) electrons. The van der Waals surface area contributed by atoms with Crippen molar-refractivity contribution in [1.29, 1.82) is 0 Å². The Morgan fingerprint density at radius 2 is 1.53 bits per heavy atom. The molecule has 0 aromatic heterocycles. The minimum atomic E-state index is -0.886. The maximum Gasteiger partial charge on any atom is 0.269 e. The molecule has 0 aliphatic heterocycles. The van der Waals surface area contributed by atoms with Crippen LogP contribution in [0.5, 0.6) is 0 Å². The van der Waals surface area contributed by atoms with Crippen LogP contribution in [0.15, 0.2) is 92.1 Å². The Bertz CT molecular complexity index is 1090. The fourth-order valence-corrected chi connectivity index (χ4v) is 3.37. The normalized spacial score (nSPS) is 12.5. The molecule has 0 saturated heterocycles. The van der Waals surface area contributed by atoms with E-state index in [0.29, 0.717) is 27.0 Å². The quantitative estimate of drug-likeness (QED) is 0.154. The van der Waals surface area contributed by atoms with Crippen molar-refractivity contribution in [2.24, 2.45) is 20.5 Å². The monoisotopic (exact) mass is 459 g/mol. The molecule has 1 atom stereocenters. The summed E-state index contributed by atoms with van der Waals surface area (Å²) in [7, 11) is 0. The molecule has 30 heavy (non-hydrogen) atoms. The van der Waals surface area contributed by atoms with E-state index in [2.05, 4.69) is 20.5 Å². The van der Waals surface area contributed by atoms with Gasteiger partial charge in [0.1, 0.15) is 0 Å². The SMILES string of the molecule is CSc1ccc(N=NC(N=Nc2cc(Cl)cc(Cl)c2)c2cccc([N+](=O)[O-])c2)cc1. The van der Waals surface area contributed by atoms with E-state index in [9.17, 15) is 10.1 Å². The van der Waals surface area contributed by atoms with Crippen molar-refractivity contribution < 1.29 is 4.92 Å². The molecule has 3 aromatic carbocycles. The minimum absolute atomic E-state index is 0.0713. The number of benzene rings is 3. The van der Waals surface area contributed by atoms with Crippen LogP contribution in [0.3, 0.4) is 0 Å². The van der Waals surface area contributed by atoms with Crippen molar-refractivity contribution in [3.63, 3.8) is 0 Å². The molecule has 7 nitrogen and oxygen atoms in total. The number of nitrogens with zero attached hydrogens (tertiary/aromatic N) is 5. The lowest BCUT2D eigenvalue weighted by atomic mass is 10.1. The zero-order valence-electron chi connectivity index (χ0n) is 15.6. The third-order valence-corrected chi connectivity index (χ3v) is 5.04. The second-order valence-corrected chi connectivity index (χ2v) is 7.73. The topological polar surface area (TPSA) is 92.6 Å². The lowest BCUT2D eigenvalue weighted by Gasteiger charge is -2.06. The average Bonchev–Trinajstić information content (AvgIpc) is 2.73. The third kappa shape index (κ3) is 6.09. The lowest BCUT2D eigenvalue weighted by Crippen LogP contribution is -1.94. The number of azo groups is 2. The summed E-state index contributed by atoms with van der Waals surface area (Å²) < 4.78 is 0. The number of nitro benzene ring substituents is 1. The van der Waals surface area contributed by atoms with Crippen LogP contribution in [0.25, 0.3) is 0 Å². The first-order valence-corrected chi connectivity index (χ1v) is 10.6. The standard InChI is InChI=1S/C20H15Cl2N5O2S/c1-30-19-7-5-16(6-8-19)23-25-20(13-3-2-4-18(9-13)27(28)29)26-24-17-11-14(21)10-15(22)12-17/h2-12,20H,1H3. The number of nitro groups is 1. The maximum atomic E-state index is 11.1. The van der Waals surface area contributed by atoms with Crippen molar-refractivity contribution in [2.75, 3.05) is 6.26 Å². The molecule has 0 bridgehead atoms. The third-order valence-electron chi connectivity index (χ3n) is 3.86. The van der Waals surface area contributed by atoms with E-state index in [0.717, 1.165) is 4.90 Å². The van der Waals surface area contributed by atoms with E-state index in [1.165, 1.54) is 12.1 Å². The Labute approximate surface area is 187 Å². The molecule has 0 saturated carbocycles.